The second kappa shape index (κ2) is 9.71. The lowest BCUT2D eigenvalue weighted by Crippen LogP contribution is -2.62. The SMILES string of the molecule is COC(OC)C1(C)Oc2ccc([N+](=O)[O-])cc2[C@H](N(Cc2ncc[nH]2)c2ccc(Br)cc2)[C@H]1O. The van der Waals surface area contributed by atoms with E-state index in [1.807, 2.05) is 29.2 Å². The molecule has 0 fully saturated rings. The van der Waals surface area contributed by atoms with Crippen molar-refractivity contribution < 1.29 is 24.2 Å². The summed E-state index contributed by atoms with van der Waals surface area (Å²) in [4.78, 5) is 20.5. The molecule has 1 unspecified atom stereocenters. The number of ether oxygens (including phenoxy) is 3. The number of nitrogens with zero attached hydrogens (tertiary/aromatic N) is 3. The van der Waals surface area contributed by atoms with Crippen LogP contribution in [0.1, 0.15) is 24.4 Å². The molecular weight excluding hydrogens is 508 g/mol. The smallest absolute Gasteiger partial charge is 0.270 e. The van der Waals surface area contributed by atoms with Crippen LogP contribution in [-0.4, -0.2) is 52.2 Å². The van der Waals surface area contributed by atoms with Gasteiger partial charge in [0, 0.05) is 54.5 Å². The minimum atomic E-state index is -1.33. The maximum Gasteiger partial charge on any atom is 0.270 e. The van der Waals surface area contributed by atoms with Crippen molar-refractivity contribution in [2.45, 2.75) is 37.5 Å². The normalized spacial score (nSPS) is 21.7. The van der Waals surface area contributed by atoms with Crippen LogP contribution in [0.3, 0.4) is 0 Å². The summed E-state index contributed by atoms with van der Waals surface area (Å²) in [6.07, 6.45) is 1.24. The zero-order chi connectivity index (χ0) is 24.5. The summed E-state index contributed by atoms with van der Waals surface area (Å²) in [5, 5.41) is 23.3. The Labute approximate surface area is 204 Å². The lowest BCUT2D eigenvalue weighted by atomic mass is 9.83. The Morgan fingerprint density at radius 1 is 1.29 bits per heavy atom. The standard InChI is InChI=1S/C23H25BrN4O6/c1-23(22(32-2)33-3)21(29)20(17-12-16(28(30)31)8-9-18(17)34-23)27(13-19-25-10-11-26-19)15-6-4-14(24)5-7-15/h4-12,20-22,29H,13H2,1-3H3,(H,25,26)/t20-,21+,23?/m0/s1. The van der Waals surface area contributed by atoms with Gasteiger partial charge < -0.3 is 29.2 Å². The first-order chi connectivity index (χ1) is 16.3. The molecule has 0 saturated heterocycles. The molecule has 180 valence electrons. The summed E-state index contributed by atoms with van der Waals surface area (Å²) in [7, 11) is 2.93. The molecule has 10 nitrogen and oxygen atoms in total. The number of nitrogens with one attached hydrogen (secondary N) is 1. The van der Waals surface area contributed by atoms with Crippen LogP contribution < -0.4 is 9.64 Å². The minimum absolute atomic E-state index is 0.105. The van der Waals surface area contributed by atoms with Gasteiger partial charge in [0.1, 0.15) is 17.7 Å². The first kappa shape index (κ1) is 24.1. The number of fused-ring (bicyclic) bond motifs is 1. The van der Waals surface area contributed by atoms with Crippen molar-refractivity contribution in [2.75, 3.05) is 19.1 Å². The molecule has 2 aromatic carbocycles. The number of aliphatic hydroxyl groups is 1. The summed E-state index contributed by atoms with van der Waals surface area (Å²) >= 11 is 3.46. The molecule has 34 heavy (non-hydrogen) atoms. The molecule has 3 aromatic rings. The average Bonchev–Trinajstić information content (AvgIpc) is 3.33. The second-order valence-electron chi connectivity index (χ2n) is 8.10. The molecule has 0 spiro atoms. The summed E-state index contributed by atoms with van der Waals surface area (Å²) in [6.45, 7) is 1.98. The van der Waals surface area contributed by atoms with Crippen LogP contribution >= 0.6 is 15.9 Å². The number of aromatic amines is 1. The van der Waals surface area contributed by atoms with E-state index in [4.69, 9.17) is 14.2 Å². The molecule has 3 atom stereocenters. The molecule has 0 saturated carbocycles. The number of imidazole rings is 1. The van der Waals surface area contributed by atoms with Crippen molar-refractivity contribution in [3.05, 3.63) is 80.8 Å². The largest absolute Gasteiger partial charge is 0.479 e. The third-order valence-corrected chi connectivity index (χ3v) is 6.53. The Bertz CT molecular complexity index is 1140. The maximum atomic E-state index is 11.8. The number of hydrogen-bond acceptors (Lipinski definition) is 8. The van der Waals surface area contributed by atoms with E-state index >= 15 is 0 Å². The Morgan fingerprint density at radius 2 is 2.00 bits per heavy atom. The summed E-state index contributed by atoms with van der Waals surface area (Å²) in [6, 6.07) is 11.2. The van der Waals surface area contributed by atoms with Crippen molar-refractivity contribution in [1.82, 2.24) is 9.97 Å². The molecule has 1 aliphatic heterocycles. The van der Waals surface area contributed by atoms with E-state index in [9.17, 15) is 15.2 Å². The quantitative estimate of drug-likeness (QED) is 0.254. The molecule has 4 rings (SSSR count). The number of aromatic nitrogens is 2. The first-order valence-electron chi connectivity index (χ1n) is 10.5. The van der Waals surface area contributed by atoms with Crippen LogP contribution in [0.25, 0.3) is 0 Å². The Balaban J connectivity index is 1.92. The number of rotatable bonds is 8. The fourth-order valence-electron chi connectivity index (χ4n) is 4.37. The zero-order valence-corrected chi connectivity index (χ0v) is 20.4. The van der Waals surface area contributed by atoms with Gasteiger partial charge in [-0.15, -0.1) is 0 Å². The highest BCUT2D eigenvalue weighted by Crippen LogP contribution is 2.47. The third kappa shape index (κ3) is 4.39. The lowest BCUT2D eigenvalue weighted by Gasteiger charge is -2.49. The van der Waals surface area contributed by atoms with Gasteiger partial charge in [-0.3, -0.25) is 10.1 Å². The molecule has 2 heterocycles. The molecule has 2 N–H and O–H groups in total. The molecular formula is C23H25BrN4O6. The van der Waals surface area contributed by atoms with Crippen LogP contribution in [0.4, 0.5) is 11.4 Å². The summed E-state index contributed by atoms with van der Waals surface area (Å²) in [5.74, 6) is 1.05. The van der Waals surface area contributed by atoms with Crippen LogP contribution in [0.5, 0.6) is 5.75 Å². The second-order valence-corrected chi connectivity index (χ2v) is 9.01. The first-order valence-corrected chi connectivity index (χ1v) is 11.3. The van der Waals surface area contributed by atoms with Crippen molar-refractivity contribution >= 4 is 27.3 Å². The van der Waals surface area contributed by atoms with E-state index in [1.54, 1.807) is 25.4 Å². The van der Waals surface area contributed by atoms with Gasteiger partial charge in [-0.2, -0.15) is 0 Å². The predicted molar refractivity (Wildman–Crippen MR) is 128 cm³/mol. The topological polar surface area (TPSA) is 123 Å². The molecule has 0 bridgehead atoms. The molecule has 11 heteroatoms. The van der Waals surface area contributed by atoms with Crippen LogP contribution in [0.15, 0.2) is 59.3 Å². The molecule has 1 aromatic heterocycles. The maximum absolute atomic E-state index is 11.8. The number of halogens is 1. The number of hydrogen-bond donors (Lipinski definition) is 2. The van der Waals surface area contributed by atoms with Crippen LogP contribution in [0, 0.1) is 10.1 Å². The van der Waals surface area contributed by atoms with E-state index in [2.05, 4.69) is 25.9 Å². The zero-order valence-electron chi connectivity index (χ0n) is 18.8. The number of nitro benzene ring substituents is 1. The Morgan fingerprint density at radius 3 is 2.59 bits per heavy atom. The highest BCUT2D eigenvalue weighted by molar-refractivity contribution is 9.10. The van der Waals surface area contributed by atoms with E-state index < -0.39 is 29.0 Å². The van der Waals surface area contributed by atoms with Gasteiger partial charge in [0.15, 0.2) is 11.9 Å². The highest BCUT2D eigenvalue weighted by atomic mass is 79.9. The molecule has 1 aliphatic rings. The summed E-state index contributed by atoms with van der Waals surface area (Å²) in [5.41, 5.74) is -0.183. The van der Waals surface area contributed by atoms with Crippen LogP contribution in [0.2, 0.25) is 0 Å². The predicted octanol–water partition coefficient (Wildman–Crippen LogP) is 3.96. The minimum Gasteiger partial charge on any atom is -0.479 e. The number of benzene rings is 2. The van der Waals surface area contributed by atoms with Crippen molar-refractivity contribution in [2.24, 2.45) is 0 Å². The van der Waals surface area contributed by atoms with Gasteiger partial charge in [-0.05, 0) is 37.3 Å². The van der Waals surface area contributed by atoms with Gasteiger partial charge in [-0.1, -0.05) is 15.9 Å². The monoisotopic (exact) mass is 532 g/mol. The van der Waals surface area contributed by atoms with Gasteiger partial charge in [0.05, 0.1) is 17.5 Å². The van der Waals surface area contributed by atoms with Gasteiger partial charge in [-0.25, -0.2) is 4.98 Å². The number of anilines is 1. The van der Waals surface area contributed by atoms with E-state index in [0.717, 1.165) is 10.2 Å². The average molecular weight is 533 g/mol. The fraction of sp³-hybridized carbons (Fsp3) is 0.348. The number of aliphatic hydroxyl groups excluding tert-OH is 1. The Kier molecular flexibility index (Phi) is 6.89. The van der Waals surface area contributed by atoms with E-state index in [-0.39, 0.29) is 5.69 Å². The van der Waals surface area contributed by atoms with Crippen molar-refractivity contribution in [1.29, 1.82) is 0 Å². The number of non-ortho nitro benzene ring substituents is 1. The highest BCUT2D eigenvalue weighted by Gasteiger charge is 2.54. The molecule has 0 aliphatic carbocycles. The fourth-order valence-corrected chi connectivity index (χ4v) is 4.64. The van der Waals surface area contributed by atoms with Gasteiger partial charge >= 0.3 is 0 Å². The molecule has 0 radical (unpaired) electrons. The van der Waals surface area contributed by atoms with Crippen LogP contribution in [-0.2, 0) is 16.0 Å². The lowest BCUT2D eigenvalue weighted by molar-refractivity contribution is -0.385. The molecule has 0 amide bonds. The number of nitro groups is 1. The van der Waals surface area contributed by atoms with E-state index in [1.165, 1.54) is 26.4 Å². The Hall–Kier alpha value is -2.99. The van der Waals surface area contributed by atoms with Gasteiger partial charge in [0.2, 0.25) is 0 Å². The van der Waals surface area contributed by atoms with Gasteiger partial charge in [0.25, 0.3) is 5.69 Å². The van der Waals surface area contributed by atoms with Crippen molar-refractivity contribution in [3.63, 3.8) is 0 Å². The summed E-state index contributed by atoms with van der Waals surface area (Å²) < 4.78 is 18.1. The van der Waals surface area contributed by atoms with Crippen molar-refractivity contribution in [3.8, 4) is 5.75 Å². The number of methoxy groups -OCH3 is 2. The number of H-pyrrole nitrogens is 1. The third-order valence-electron chi connectivity index (χ3n) is 6.00. The van der Waals surface area contributed by atoms with E-state index in [0.29, 0.717) is 23.7 Å².